The molecular formula is C48H37Cl2N. The second-order valence-electron chi connectivity index (χ2n) is 14.9. The molecule has 0 aromatic heterocycles. The molecule has 3 heteroatoms. The Kier molecular flexibility index (Phi) is 7.33. The SMILES string of the molecule is CC1(C)c2cc(N(c3ccc(-c4ccccc4)cc3)c3ccccc3-c3ccccc3)ccc2-c2cc3c(cc21)-c1cc(Cl)cc(Cl)c1C3(C)C. The van der Waals surface area contributed by atoms with Crippen LogP contribution in [0.4, 0.5) is 17.1 Å². The van der Waals surface area contributed by atoms with E-state index in [-0.39, 0.29) is 10.8 Å². The van der Waals surface area contributed by atoms with Crippen molar-refractivity contribution in [3.05, 3.63) is 184 Å². The van der Waals surface area contributed by atoms with Crippen LogP contribution >= 0.6 is 23.2 Å². The average molecular weight is 699 g/mol. The van der Waals surface area contributed by atoms with E-state index >= 15 is 0 Å². The molecule has 0 bridgehead atoms. The van der Waals surface area contributed by atoms with Crippen molar-refractivity contribution < 1.29 is 0 Å². The molecule has 0 amide bonds. The summed E-state index contributed by atoms with van der Waals surface area (Å²) in [4.78, 5) is 2.42. The van der Waals surface area contributed by atoms with Gasteiger partial charge >= 0.3 is 0 Å². The van der Waals surface area contributed by atoms with Gasteiger partial charge in [0.2, 0.25) is 0 Å². The standard InChI is InChI=1S/C48H37Cl2N/c1-47(2)41-27-35(23-24-37(41)38-28-43-39(29-42(38)47)40-25-33(49)26-44(50)46(40)48(43,3)4)51(34-21-19-31(20-22-34)30-13-7-5-8-14-30)45-18-12-11-17-36(45)32-15-9-6-10-16-32/h5-29H,1-4H3. The predicted molar refractivity (Wildman–Crippen MR) is 217 cm³/mol. The Hall–Kier alpha value is -5.08. The van der Waals surface area contributed by atoms with Gasteiger partial charge in [0.25, 0.3) is 0 Å². The van der Waals surface area contributed by atoms with Crippen LogP contribution in [0.3, 0.4) is 0 Å². The number of fused-ring (bicyclic) bond motifs is 6. The first-order valence-corrected chi connectivity index (χ1v) is 18.3. The summed E-state index contributed by atoms with van der Waals surface area (Å²) in [5, 5.41) is 1.40. The lowest BCUT2D eigenvalue weighted by atomic mass is 9.79. The van der Waals surface area contributed by atoms with Gasteiger partial charge in [-0.2, -0.15) is 0 Å². The number of halogens is 2. The van der Waals surface area contributed by atoms with Crippen LogP contribution in [0.15, 0.2) is 152 Å². The fourth-order valence-electron chi connectivity index (χ4n) is 8.60. The summed E-state index contributed by atoms with van der Waals surface area (Å²) in [7, 11) is 0. The van der Waals surface area contributed by atoms with Gasteiger partial charge in [0.15, 0.2) is 0 Å². The van der Waals surface area contributed by atoms with Crippen LogP contribution in [-0.4, -0.2) is 0 Å². The fraction of sp³-hybridized carbons (Fsp3) is 0.125. The minimum Gasteiger partial charge on any atom is -0.310 e. The van der Waals surface area contributed by atoms with Crippen LogP contribution in [-0.2, 0) is 10.8 Å². The third kappa shape index (κ3) is 4.98. The Labute approximate surface area is 310 Å². The molecule has 0 atom stereocenters. The summed E-state index contributed by atoms with van der Waals surface area (Å²) in [6, 6.07) is 54.8. The third-order valence-electron chi connectivity index (χ3n) is 11.2. The number of benzene rings is 7. The minimum absolute atomic E-state index is 0.229. The summed E-state index contributed by atoms with van der Waals surface area (Å²) in [6.07, 6.45) is 0. The quantitative estimate of drug-likeness (QED) is 0.173. The van der Waals surface area contributed by atoms with Gasteiger partial charge in [-0.25, -0.2) is 0 Å². The smallest absolute Gasteiger partial charge is 0.0540 e. The highest BCUT2D eigenvalue weighted by atomic mass is 35.5. The summed E-state index contributed by atoms with van der Waals surface area (Å²) >= 11 is 13.4. The largest absolute Gasteiger partial charge is 0.310 e. The van der Waals surface area contributed by atoms with Crippen molar-refractivity contribution in [3.63, 3.8) is 0 Å². The Balaban J connectivity index is 1.21. The molecule has 9 rings (SSSR count). The number of anilines is 3. The zero-order valence-corrected chi connectivity index (χ0v) is 30.6. The maximum Gasteiger partial charge on any atom is 0.0540 e. The second kappa shape index (κ2) is 11.7. The molecule has 1 nitrogen and oxygen atoms in total. The molecule has 7 aromatic carbocycles. The molecule has 2 aliphatic rings. The number of hydrogen-bond donors (Lipinski definition) is 0. The second-order valence-corrected chi connectivity index (χ2v) is 15.7. The monoisotopic (exact) mass is 697 g/mol. The molecule has 7 aromatic rings. The van der Waals surface area contributed by atoms with E-state index in [1.807, 2.05) is 6.07 Å². The number of hydrogen-bond acceptors (Lipinski definition) is 1. The van der Waals surface area contributed by atoms with Crippen molar-refractivity contribution in [2.24, 2.45) is 0 Å². The Morgan fingerprint density at radius 1 is 0.412 bits per heavy atom. The Morgan fingerprint density at radius 2 is 0.961 bits per heavy atom. The van der Waals surface area contributed by atoms with Crippen LogP contribution in [0.5, 0.6) is 0 Å². The lowest BCUT2D eigenvalue weighted by Crippen LogP contribution is -2.18. The van der Waals surface area contributed by atoms with Crippen LogP contribution in [0.25, 0.3) is 44.5 Å². The minimum atomic E-state index is -0.238. The molecule has 0 unspecified atom stereocenters. The van der Waals surface area contributed by atoms with E-state index < -0.39 is 0 Å². The molecule has 2 aliphatic carbocycles. The van der Waals surface area contributed by atoms with E-state index in [0.717, 1.165) is 33.2 Å². The van der Waals surface area contributed by atoms with E-state index in [4.69, 9.17) is 23.2 Å². The van der Waals surface area contributed by atoms with Gasteiger partial charge in [-0.1, -0.05) is 148 Å². The van der Waals surface area contributed by atoms with Crippen molar-refractivity contribution in [1.82, 2.24) is 0 Å². The number of nitrogens with zero attached hydrogens (tertiary/aromatic N) is 1. The van der Waals surface area contributed by atoms with E-state index in [9.17, 15) is 0 Å². The van der Waals surface area contributed by atoms with Gasteiger partial charge < -0.3 is 4.90 Å². The van der Waals surface area contributed by atoms with Crippen LogP contribution in [0.1, 0.15) is 49.9 Å². The fourth-order valence-corrected chi connectivity index (χ4v) is 9.32. The van der Waals surface area contributed by atoms with Gasteiger partial charge in [-0.05, 0) is 116 Å². The van der Waals surface area contributed by atoms with E-state index in [1.54, 1.807) is 0 Å². The summed E-state index contributed by atoms with van der Waals surface area (Å²) < 4.78 is 0. The molecule has 0 saturated carbocycles. The lowest BCUT2D eigenvalue weighted by molar-refractivity contribution is 0.652. The highest BCUT2D eigenvalue weighted by molar-refractivity contribution is 6.36. The number of para-hydroxylation sites is 1. The first kappa shape index (κ1) is 31.9. The van der Waals surface area contributed by atoms with E-state index in [1.165, 1.54) is 55.6 Å². The maximum atomic E-state index is 6.86. The van der Waals surface area contributed by atoms with Gasteiger partial charge in [0.05, 0.1) is 5.69 Å². The molecule has 51 heavy (non-hydrogen) atoms. The zero-order valence-electron chi connectivity index (χ0n) is 29.1. The first-order valence-electron chi connectivity index (χ1n) is 17.6. The van der Waals surface area contributed by atoms with E-state index in [2.05, 4.69) is 178 Å². The molecule has 0 heterocycles. The summed E-state index contributed by atoms with van der Waals surface area (Å²) in [5.74, 6) is 0. The Bertz CT molecular complexity index is 2480. The summed E-state index contributed by atoms with van der Waals surface area (Å²) in [6.45, 7) is 9.27. The normalized spacial score (nSPS) is 14.4. The lowest BCUT2D eigenvalue weighted by Gasteiger charge is -2.30. The van der Waals surface area contributed by atoms with Crippen LogP contribution in [0, 0.1) is 0 Å². The molecule has 0 saturated heterocycles. The molecule has 0 spiro atoms. The molecule has 0 N–H and O–H groups in total. The summed E-state index contributed by atoms with van der Waals surface area (Å²) in [5.41, 5.74) is 17.7. The van der Waals surface area contributed by atoms with Crippen molar-refractivity contribution in [3.8, 4) is 44.5 Å². The first-order chi connectivity index (χ1) is 24.6. The number of rotatable bonds is 5. The average Bonchev–Trinajstić information content (AvgIpc) is 3.50. The molecule has 0 radical (unpaired) electrons. The highest BCUT2D eigenvalue weighted by Gasteiger charge is 2.43. The predicted octanol–water partition coefficient (Wildman–Crippen LogP) is 14.4. The van der Waals surface area contributed by atoms with Crippen LogP contribution in [0.2, 0.25) is 10.0 Å². The third-order valence-corrected chi connectivity index (χ3v) is 11.7. The molecule has 248 valence electrons. The van der Waals surface area contributed by atoms with Crippen molar-refractivity contribution in [2.45, 2.75) is 38.5 Å². The molecule has 0 aliphatic heterocycles. The van der Waals surface area contributed by atoms with E-state index in [0.29, 0.717) is 5.02 Å². The maximum absolute atomic E-state index is 6.86. The van der Waals surface area contributed by atoms with Gasteiger partial charge in [0, 0.05) is 37.8 Å². The molecular weight excluding hydrogens is 661 g/mol. The zero-order chi connectivity index (χ0) is 35.1. The molecule has 0 fully saturated rings. The Morgan fingerprint density at radius 3 is 1.67 bits per heavy atom. The van der Waals surface area contributed by atoms with Crippen molar-refractivity contribution >= 4 is 40.3 Å². The van der Waals surface area contributed by atoms with Gasteiger partial charge in [0.1, 0.15) is 0 Å². The van der Waals surface area contributed by atoms with Gasteiger partial charge in [-0.15, -0.1) is 0 Å². The topological polar surface area (TPSA) is 3.24 Å². The van der Waals surface area contributed by atoms with Gasteiger partial charge in [-0.3, -0.25) is 0 Å². The van der Waals surface area contributed by atoms with Crippen LogP contribution < -0.4 is 4.90 Å². The highest BCUT2D eigenvalue weighted by Crippen LogP contribution is 2.58. The van der Waals surface area contributed by atoms with Crippen molar-refractivity contribution in [1.29, 1.82) is 0 Å². The van der Waals surface area contributed by atoms with Crippen molar-refractivity contribution in [2.75, 3.05) is 4.90 Å².